The maximum Gasteiger partial charge on any atom is 0.361 e. The van der Waals surface area contributed by atoms with Crippen LogP contribution in [0.1, 0.15) is 55.4 Å². The number of aromatic nitrogens is 8. The van der Waals surface area contributed by atoms with Crippen LogP contribution in [0.3, 0.4) is 0 Å². The molecule has 0 fully saturated rings. The molecule has 378 valence electrons. The van der Waals surface area contributed by atoms with Gasteiger partial charge in [-0.1, -0.05) is 0 Å². The van der Waals surface area contributed by atoms with Crippen LogP contribution in [0.25, 0.3) is 89.7 Å². The molecule has 0 radical (unpaired) electrons. The first-order valence-electron chi connectivity index (χ1n) is 23.7. The molecule has 72 heavy (non-hydrogen) atoms. The van der Waals surface area contributed by atoms with Crippen molar-refractivity contribution >= 4 is 95.7 Å². The predicted molar refractivity (Wildman–Crippen MR) is 278 cm³/mol. The summed E-state index contributed by atoms with van der Waals surface area (Å²) in [6.07, 6.45) is 0. The first-order chi connectivity index (χ1) is 34.7. The predicted octanol–water partition coefficient (Wildman–Crippen LogP) is 10.4. The number of H-pyrrole nitrogens is 2. The van der Waals surface area contributed by atoms with Gasteiger partial charge >= 0.3 is 30.4 Å². The molecular formula is C48H54N8O12P4. The lowest BCUT2D eigenvalue weighted by atomic mass is 10.1. The minimum Gasteiger partial charge on any atom is -0.324 e. The van der Waals surface area contributed by atoms with Crippen LogP contribution in [0.2, 0.25) is 0 Å². The number of nitrogens with one attached hydrogen (secondary N) is 2. The average Bonchev–Trinajstić information content (AvgIpc) is 4.09. The van der Waals surface area contributed by atoms with Gasteiger partial charge in [0, 0.05) is 43.8 Å². The zero-order valence-electron chi connectivity index (χ0n) is 41.0. The third kappa shape index (κ3) is 9.49. The second-order valence-electron chi connectivity index (χ2n) is 15.9. The van der Waals surface area contributed by atoms with Crippen molar-refractivity contribution in [2.45, 2.75) is 55.4 Å². The number of nitrogens with zero attached hydrogens (tertiary/aromatic N) is 6. The zero-order chi connectivity index (χ0) is 51.0. The highest BCUT2D eigenvalue weighted by Gasteiger charge is 2.34. The SMILES string of the molecule is CCOP(=O)(OCC)c1ccc2c(c1)-c1nc-2nc2[nH]c(nc3nc(nc4[nH]c(n1)c1ccc(P(=O)(OCC)OCC)cc41)-c1ccc(P(=O)(OCC)OCC)cc1-3)c1ccc(P(=O)(OCC)OCC)cc21. The van der Waals surface area contributed by atoms with Gasteiger partial charge in [-0.25, -0.2) is 29.9 Å². The number of aromatic amines is 2. The minimum atomic E-state index is -3.81. The van der Waals surface area contributed by atoms with Crippen LogP contribution in [-0.2, 0) is 54.5 Å². The molecule has 0 atom stereocenters. The van der Waals surface area contributed by atoms with Crippen LogP contribution < -0.4 is 21.2 Å². The van der Waals surface area contributed by atoms with Crippen LogP contribution in [0.4, 0.5) is 0 Å². The lowest BCUT2D eigenvalue weighted by Gasteiger charge is -2.17. The van der Waals surface area contributed by atoms with Crippen molar-refractivity contribution in [3.8, 4) is 45.6 Å². The van der Waals surface area contributed by atoms with E-state index in [1.54, 1.807) is 128 Å². The molecule has 0 saturated heterocycles. The zero-order valence-corrected chi connectivity index (χ0v) is 44.5. The number of fused-ring (bicyclic) bond motifs is 20. The number of hydrogen-bond donors (Lipinski definition) is 2. The highest BCUT2D eigenvalue weighted by Crippen LogP contribution is 2.52. The number of rotatable bonds is 20. The molecule has 5 heterocycles. The van der Waals surface area contributed by atoms with E-state index in [1.165, 1.54) is 0 Å². The largest absolute Gasteiger partial charge is 0.361 e. The molecule has 8 bridgehead atoms. The van der Waals surface area contributed by atoms with Crippen molar-refractivity contribution in [3.63, 3.8) is 0 Å². The van der Waals surface area contributed by atoms with Gasteiger partial charge in [-0.3, -0.25) is 18.3 Å². The highest BCUT2D eigenvalue weighted by atomic mass is 31.2. The summed E-state index contributed by atoms with van der Waals surface area (Å²) < 4.78 is 103. The van der Waals surface area contributed by atoms with Gasteiger partial charge in [0.1, 0.15) is 22.6 Å². The molecule has 0 aliphatic carbocycles. The second kappa shape index (κ2) is 21.0. The Kier molecular flexibility index (Phi) is 15.1. The van der Waals surface area contributed by atoms with E-state index < -0.39 is 30.4 Å². The van der Waals surface area contributed by atoms with E-state index in [0.717, 1.165) is 0 Å². The molecule has 2 aliphatic rings. The van der Waals surface area contributed by atoms with E-state index in [0.29, 0.717) is 55.1 Å². The molecule has 2 N–H and O–H groups in total. The Morgan fingerprint density at radius 1 is 0.319 bits per heavy atom. The summed E-state index contributed by atoms with van der Waals surface area (Å²) in [7, 11) is -15.2. The Morgan fingerprint density at radius 2 is 0.569 bits per heavy atom. The average molecular weight is 1060 g/mol. The van der Waals surface area contributed by atoms with E-state index in [-0.39, 0.29) is 109 Å². The first kappa shape index (κ1) is 51.7. The second-order valence-corrected chi connectivity index (χ2v) is 24.0. The van der Waals surface area contributed by atoms with E-state index in [1.807, 2.05) is 0 Å². The van der Waals surface area contributed by atoms with E-state index in [4.69, 9.17) is 66.1 Å². The Morgan fingerprint density at radius 3 is 0.861 bits per heavy atom. The molecule has 9 rings (SSSR count). The fourth-order valence-corrected chi connectivity index (χ4v) is 14.9. The third-order valence-electron chi connectivity index (χ3n) is 11.4. The van der Waals surface area contributed by atoms with Crippen molar-refractivity contribution in [2.75, 3.05) is 52.9 Å². The fraction of sp³-hybridized carbons (Fsp3) is 0.333. The van der Waals surface area contributed by atoms with Gasteiger partial charge in [0.15, 0.2) is 23.3 Å². The Balaban J connectivity index is 1.44. The van der Waals surface area contributed by atoms with Gasteiger partial charge in [0.05, 0.1) is 74.1 Å². The molecule has 4 aromatic carbocycles. The van der Waals surface area contributed by atoms with Crippen LogP contribution in [0.5, 0.6) is 0 Å². The summed E-state index contributed by atoms with van der Waals surface area (Å²) in [5.74, 6) is 0.797. The van der Waals surface area contributed by atoms with Gasteiger partial charge < -0.3 is 46.2 Å². The van der Waals surface area contributed by atoms with Crippen molar-refractivity contribution in [3.05, 3.63) is 72.8 Å². The van der Waals surface area contributed by atoms with Crippen LogP contribution in [0.15, 0.2) is 72.8 Å². The summed E-state index contributed by atoms with van der Waals surface area (Å²) in [4.78, 5) is 37.3. The minimum absolute atomic E-state index is 0.126. The van der Waals surface area contributed by atoms with Crippen molar-refractivity contribution < 1.29 is 54.5 Å². The van der Waals surface area contributed by atoms with E-state index in [2.05, 4.69) is 9.97 Å². The van der Waals surface area contributed by atoms with Crippen LogP contribution in [0, 0.1) is 0 Å². The summed E-state index contributed by atoms with van der Waals surface area (Å²) >= 11 is 0. The van der Waals surface area contributed by atoms with Crippen molar-refractivity contribution in [2.24, 2.45) is 0 Å². The lowest BCUT2D eigenvalue weighted by Crippen LogP contribution is -2.11. The molecule has 20 nitrogen and oxygen atoms in total. The number of hydrogen-bond acceptors (Lipinski definition) is 18. The molecule has 2 aliphatic heterocycles. The highest BCUT2D eigenvalue weighted by molar-refractivity contribution is 7.63. The number of benzene rings is 4. The first-order valence-corrected chi connectivity index (χ1v) is 29.9. The molecule has 7 aromatic rings. The van der Waals surface area contributed by atoms with Gasteiger partial charge in [-0.2, -0.15) is 0 Å². The maximum atomic E-state index is 14.3. The molecule has 24 heteroatoms. The lowest BCUT2D eigenvalue weighted by molar-refractivity contribution is 0.229. The van der Waals surface area contributed by atoms with Gasteiger partial charge in [0.25, 0.3) is 0 Å². The third-order valence-corrected chi connectivity index (χ3v) is 19.8. The smallest absolute Gasteiger partial charge is 0.324 e. The molecular weight excluding hydrogens is 1000 g/mol. The summed E-state index contributed by atoms with van der Waals surface area (Å²) in [5, 5.41) is 3.23. The Hall–Kier alpha value is -5.16. The normalized spacial score (nSPS) is 13.0. The van der Waals surface area contributed by atoms with Crippen molar-refractivity contribution in [1.29, 1.82) is 0 Å². The molecule has 0 unspecified atom stereocenters. The van der Waals surface area contributed by atoms with Crippen LogP contribution >= 0.6 is 30.4 Å². The topological polar surface area (TPSA) is 251 Å². The summed E-state index contributed by atoms with van der Waals surface area (Å²) in [6, 6.07) is 20.3. The molecule has 0 spiro atoms. The standard InChI is InChI=1S/C48H54N8O12P4/c1-9-61-69(57,62-10-2)29-17-21-33-37(25-29)45-49-41(33)54-46-39-27-31(71(59,65-13-5)66-14-6)19-23-35(39)43(51-46)56-48-40-28-32(72(60,67-15-7)68-16-8)20-24-36(40)44(52-48)55-47-38-26-30(70(58,63-11-3)64-12-4)18-22-34(38)42(50-47)53-45/h17-28H,9-16H2,1-8H3,(H2,49,50,51,52,53,54,55,56). The summed E-state index contributed by atoms with van der Waals surface area (Å²) in [6.45, 7) is 14.9. The Labute approximate surface area is 415 Å². The molecule has 0 amide bonds. The van der Waals surface area contributed by atoms with Gasteiger partial charge in [-0.15, -0.1) is 0 Å². The van der Waals surface area contributed by atoms with E-state index in [9.17, 15) is 18.3 Å². The van der Waals surface area contributed by atoms with Crippen LogP contribution in [-0.4, -0.2) is 92.7 Å². The molecule has 3 aromatic heterocycles. The Bertz CT molecular complexity index is 3350. The molecule has 0 saturated carbocycles. The maximum absolute atomic E-state index is 14.3. The fourth-order valence-electron chi connectivity index (χ4n) is 8.53. The summed E-state index contributed by atoms with van der Waals surface area (Å²) in [5.41, 5.74) is 3.13. The monoisotopic (exact) mass is 1060 g/mol. The van der Waals surface area contributed by atoms with Gasteiger partial charge in [0.2, 0.25) is 0 Å². The quantitative estimate of drug-likeness (QED) is 0.0673. The van der Waals surface area contributed by atoms with E-state index >= 15 is 0 Å². The van der Waals surface area contributed by atoms with Gasteiger partial charge in [-0.05, 0) is 128 Å². The van der Waals surface area contributed by atoms with Crippen molar-refractivity contribution in [1.82, 2.24) is 39.9 Å².